The van der Waals surface area contributed by atoms with E-state index in [4.69, 9.17) is 9.47 Å². The SMILES string of the molecule is CCCOc1ccc(C(C)NC(=O)NC(c2ccccc2)c2ccccn2)cc1OCCC. The number of carbonyl (C=O) groups excluding carboxylic acids is 1. The van der Waals surface area contributed by atoms with Crippen LogP contribution in [0.2, 0.25) is 0 Å². The second-order valence-corrected chi connectivity index (χ2v) is 7.84. The van der Waals surface area contributed by atoms with E-state index in [0.717, 1.165) is 35.4 Å². The molecule has 2 unspecified atom stereocenters. The third-order valence-corrected chi connectivity index (χ3v) is 5.13. The Bertz CT molecular complexity index is 957. The number of urea groups is 1. The van der Waals surface area contributed by atoms with Gasteiger partial charge in [-0.25, -0.2) is 4.79 Å². The number of amides is 2. The number of hydrogen-bond acceptors (Lipinski definition) is 4. The molecule has 6 heteroatoms. The number of hydrogen-bond donors (Lipinski definition) is 2. The van der Waals surface area contributed by atoms with E-state index >= 15 is 0 Å². The maximum Gasteiger partial charge on any atom is 0.316 e. The summed E-state index contributed by atoms with van der Waals surface area (Å²) in [4.78, 5) is 17.4. The molecule has 0 saturated carbocycles. The number of rotatable bonds is 11. The molecule has 0 aliphatic rings. The van der Waals surface area contributed by atoms with Gasteiger partial charge in [-0.2, -0.15) is 0 Å². The van der Waals surface area contributed by atoms with Gasteiger partial charge in [0.1, 0.15) is 0 Å². The van der Waals surface area contributed by atoms with Gasteiger partial charge in [0.2, 0.25) is 0 Å². The van der Waals surface area contributed by atoms with E-state index in [0.29, 0.717) is 19.0 Å². The quantitative estimate of drug-likeness (QED) is 0.389. The Morgan fingerprint density at radius 2 is 1.55 bits per heavy atom. The summed E-state index contributed by atoms with van der Waals surface area (Å²) in [5.74, 6) is 1.43. The molecule has 33 heavy (non-hydrogen) atoms. The van der Waals surface area contributed by atoms with Crippen LogP contribution in [0.15, 0.2) is 72.9 Å². The molecule has 6 nitrogen and oxygen atoms in total. The van der Waals surface area contributed by atoms with Gasteiger partial charge in [-0.3, -0.25) is 4.98 Å². The standard InChI is InChI=1S/C27H33N3O3/c1-4-17-32-24-15-14-22(19-25(24)33-18-5-2)20(3)29-27(31)30-26(21-11-7-6-8-12-21)23-13-9-10-16-28-23/h6-16,19-20,26H,4-5,17-18H2,1-3H3,(H2,29,30,31). The van der Waals surface area contributed by atoms with Gasteiger partial charge in [0, 0.05) is 6.20 Å². The first-order valence-electron chi connectivity index (χ1n) is 11.5. The third kappa shape index (κ3) is 6.97. The second kappa shape index (κ2) is 12.5. The van der Waals surface area contributed by atoms with Crippen molar-refractivity contribution in [1.29, 1.82) is 0 Å². The van der Waals surface area contributed by atoms with Gasteiger partial charge in [-0.15, -0.1) is 0 Å². The topological polar surface area (TPSA) is 72.5 Å². The van der Waals surface area contributed by atoms with Crippen LogP contribution in [0.3, 0.4) is 0 Å². The number of pyridine rings is 1. The first-order chi connectivity index (χ1) is 16.1. The summed E-state index contributed by atoms with van der Waals surface area (Å²) in [6.45, 7) is 7.32. The lowest BCUT2D eigenvalue weighted by Crippen LogP contribution is -2.39. The predicted octanol–water partition coefficient (Wildman–Crippen LogP) is 5.81. The lowest BCUT2D eigenvalue weighted by atomic mass is 10.0. The molecule has 2 amide bonds. The highest BCUT2D eigenvalue weighted by Gasteiger charge is 2.20. The largest absolute Gasteiger partial charge is 0.490 e. The summed E-state index contributed by atoms with van der Waals surface area (Å²) in [5, 5.41) is 6.11. The number of nitrogens with zero attached hydrogens (tertiary/aromatic N) is 1. The van der Waals surface area contributed by atoms with Crippen LogP contribution in [-0.2, 0) is 0 Å². The summed E-state index contributed by atoms with van der Waals surface area (Å²) < 4.78 is 11.7. The first-order valence-corrected chi connectivity index (χ1v) is 11.5. The van der Waals surface area contributed by atoms with Crippen molar-refractivity contribution in [3.05, 3.63) is 89.7 Å². The van der Waals surface area contributed by atoms with Crippen LogP contribution < -0.4 is 20.1 Å². The lowest BCUT2D eigenvalue weighted by molar-refractivity contribution is 0.235. The van der Waals surface area contributed by atoms with Crippen molar-refractivity contribution >= 4 is 6.03 Å². The monoisotopic (exact) mass is 447 g/mol. The van der Waals surface area contributed by atoms with Crippen LogP contribution in [0, 0.1) is 0 Å². The molecule has 2 atom stereocenters. The molecule has 1 aromatic heterocycles. The van der Waals surface area contributed by atoms with E-state index in [1.165, 1.54) is 0 Å². The Kier molecular flexibility index (Phi) is 9.12. The summed E-state index contributed by atoms with van der Waals surface area (Å²) in [7, 11) is 0. The highest BCUT2D eigenvalue weighted by Crippen LogP contribution is 2.31. The zero-order valence-electron chi connectivity index (χ0n) is 19.6. The molecule has 0 saturated heterocycles. The van der Waals surface area contributed by atoms with Gasteiger partial charge >= 0.3 is 6.03 Å². The van der Waals surface area contributed by atoms with Crippen LogP contribution in [-0.4, -0.2) is 24.2 Å². The Labute approximate surface area is 196 Å². The predicted molar refractivity (Wildman–Crippen MR) is 131 cm³/mol. The van der Waals surface area contributed by atoms with Gasteiger partial charge in [0.05, 0.1) is 31.0 Å². The third-order valence-electron chi connectivity index (χ3n) is 5.13. The normalized spacial score (nSPS) is 12.5. The average Bonchev–Trinajstić information content (AvgIpc) is 2.86. The van der Waals surface area contributed by atoms with E-state index in [1.807, 2.05) is 73.7 Å². The van der Waals surface area contributed by atoms with Crippen molar-refractivity contribution in [2.24, 2.45) is 0 Å². The fraction of sp³-hybridized carbons (Fsp3) is 0.333. The average molecular weight is 448 g/mol. The first kappa shape index (κ1) is 24.1. The maximum atomic E-state index is 12.9. The minimum Gasteiger partial charge on any atom is -0.490 e. The summed E-state index contributed by atoms with van der Waals surface area (Å²) in [5.41, 5.74) is 2.68. The van der Waals surface area contributed by atoms with Crippen molar-refractivity contribution < 1.29 is 14.3 Å². The maximum absolute atomic E-state index is 12.9. The van der Waals surface area contributed by atoms with Crippen molar-refractivity contribution in [3.8, 4) is 11.5 Å². The van der Waals surface area contributed by atoms with E-state index < -0.39 is 0 Å². The molecule has 0 radical (unpaired) electrons. The fourth-order valence-corrected chi connectivity index (χ4v) is 3.42. The van der Waals surface area contributed by atoms with Gasteiger partial charge < -0.3 is 20.1 Å². The molecule has 3 aromatic rings. The zero-order valence-corrected chi connectivity index (χ0v) is 19.6. The van der Waals surface area contributed by atoms with Crippen LogP contribution in [0.4, 0.5) is 4.79 Å². The summed E-state index contributed by atoms with van der Waals surface area (Å²) >= 11 is 0. The highest BCUT2D eigenvalue weighted by molar-refractivity contribution is 5.75. The Morgan fingerprint density at radius 3 is 2.21 bits per heavy atom. The molecule has 2 aromatic carbocycles. The van der Waals surface area contributed by atoms with Crippen molar-refractivity contribution in [1.82, 2.24) is 15.6 Å². The Morgan fingerprint density at radius 1 is 0.848 bits per heavy atom. The van der Waals surface area contributed by atoms with Crippen LogP contribution >= 0.6 is 0 Å². The molecule has 174 valence electrons. The number of aromatic nitrogens is 1. The van der Waals surface area contributed by atoms with Crippen LogP contribution in [0.25, 0.3) is 0 Å². The minimum atomic E-state index is -0.354. The molecule has 3 rings (SSSR count). The van der Waals surface area contributed by atoms with Crippen molar-refractivity contribution in [2.45, 2.75) is 45.7 Å². The molecular weight excluding hydrogens is 414 g/mol. The molecule has 0 fully saturated rings. The molecule has 1 heterocycles. The van der Waals surface area contributed by atoms with Crippen molar-refractivity contribution in [3.63, 3.8) is 0 Å². The number of benzene rings is 2. The number of carbonyl (C=O) groups is 1. The highest BCUT2D eigenvalue weighted by atomic mass is 16.5. The second-order valence-electron chi connectivity index (χ2n) is 7.84. The number of nitrogens with one attached hydrogen (secondary N) is 2. The number of ether oxygens (including phenoxy) is 2. The van der Waals surface area contributed by atoms with E-state index in [9.17, 15) is 4.79 Å². The van der Waals surface area contributed by atoms with Gasteiger partial charge in [-0.1, -0.05) is 56.3 Å². The van der Waals surface area contributed by atoms with E-state index in [-0.39, 0.29) is 18.1 Å². The van der Waals surface area contributed by atoms with Crippen LogP contribution in [0.5, 0.6) is 11.5 Å². The summed E-state index contributed by atoms with van der Waals surface area (Å²) in [6.07, 6.45) is 3.56. The fourth-order valence-electron chi connectivity index (χ4n) is 3.42. The van der Waals surface area contributed by atoms with Gasteiger partial charge in [0.15, 0.2) is 11.5 Å². The molecule has 0 spiro atoms. The Balaban J connectivity index is 1.73. The van der Waals surface area contributed by atoms with Crippen LogP contribution in [0.1, 0.15) is 62.5 Å². The summed E-state index contributed by atoms with van der Waals surface area (Å²) in [6, 6.07) is 20.5. The smallest absolute Gasteiger partial charge is 0.316 e. The molecule has 2 N–H and O–H groups in total. The molecule has 0 aliphatic heterocycles. The van der Waals surface area contributed by atoms with Gasteiger partial charge in [-0.05, 0) is 55.2 Å². The zero-order chi connectivity index (χ0) is 23.5. The Hall–Kier alpha value is -3.54. The van der Waals surface area contributed by atoms with Gasteiger partial charge in [0.25, 0.3) is 0 Å². The molecule has 0 bridgehead atoms. The minimum absolute atomic E-state index is 0.227. The van der Waals surface area contributed by atoms with E-state index in [1.54, 1.807) is 6.20 Å². The van der Waals surface area contributed by atoms with Crippen molar-refractivity contribution in [2.75, 3.05) is 13.2 Å². The lowest BCUT2D eigenvalue weighted by Gasteiger charge is -2.22. The van der Waals surface area contributed by atoms with E-state index in [2.05, 4.69) is 29.5 Å². The molecule has 0 aliphatic carbocycles. The molecular formula is C27H33N3O3.